The largest absolute Gasteiger partial charge is 0.481 e. The number of amides is 2. The van der Waals surface area contributed by atoms with Crippen LogP contribution in [0.4, 0.5) is 0 Å². The molecule has 3 unspecified atom stereocenters. The first-order chi connectivity index (χ1) is 10.0. The average Bonchev–Trinajstić information content (AvgIpc) is 2.89. The van der Waals surface area contributed by atoms with Crippen molar-refractivity contribution in [2.45, 2.75) is 64.1 Å². The molecule has 2 bridgehead atoms. The molecule has 21 heavy (non-hydrogen) atoms. The highest BCUT2D eigenvalue weighted by Crippen LogP contribution is 2.29. The lowest BCUT2D eigenvalue weighted by Gasteiger charge is -2.31. The number of aliphatic carboxylic acids is 1. The molecule has 6 heteroatoms. The maximum absolute atomic E-state index is 12.1. The van der Waals surface area contributed by atoms with E-state index in [2.05, 4.69) is 6.92 Å². The number of morpholine rings is 1. The van der Waals surface area contributed by atoms with Gasteiger partial charge in [-0.3, -0.25) is 19.3 Å². The zero-order valence-corrected chi connectivity index (χ0v) is 12.4. The molecule has 1 N–H and O–H groups in total. The molecule has 2 rings (SSSR count). The van der Waals surface area contributed by atoms with E-state index in [1.807, 2.05) is 0 Å². The average molecular weight is 297 g/mol. The Balaban J connectivity index is 1.88. The molecule has 0 aromatic rings. The van der Waals surface area contributed by atoms with Gasteiger partial charge in [-0.1, -0.05) is 19.8 Å². The van der Waals surface area contributed by atoms with Crippen LogP contribution in [0.15, 0.2) is 0 Å². The van der Waals surface area contributed by atoms with Crippen molar-refractivity contribution in [1.29, 1.82) is 0 Å². The fourth-order valence-corrected chi connectivity index (χ4v) is 3.16. The fraction of sp³-hybridized carbons (Fsp3) is 0.800. The number of fused-ring (bicyclic) bond motifs is 2. The molecule has 0 saturated carbocycles. The van der Waals surface area contributed by atoms with Crippen molar-refractivity contribution in [3.8, 4) is 0 Å². The lowest BCUT2D eigenvalue weighted by Crippen LogP contribution is -2.52. The molecule has 2 aliphatic rings. The van der Waals surface area contributed by atoms with Crippen LogP contribution >= 0.6 is 0 Å². The summed E-state index contributed by atoms with van der Waals surface area (Å²) in [5.74, 6) is -0.996. The van der Waals surface area contributed by atoms with Gasteiger partial charge in [-0.2, -0.15) is 0 Å². The monoisotopic (exact) mass is 297 g/mol. The van der Waals surface area contributed by atoms with Crippen molar-refractivity contribution >= 4 is 17.8 Å². The predicted molar refractivity (Wildman–Crippen MR) is 74.5 cm³/mol. The molecule has 2 heterocycles. The molecule has 118 valence electrons. The summed E-state index contributed by atoms with van der Waals surface area (Å²) >= 11 is 0. The summed E-state index contributed by atoms with van der Waals surface area (Å²) in [7, 11) is 0. The maximum Gasteiger partial charge on any atom is 0.303 e. The van der Waals surface area contributed by atoms with Crippen molar-refractivity contribution in [2.24, 2.45) is 5.92 Å². The number of carbonyl (C=O) groups excluding carboxylic acids is 2. The molecule has 2 amide bonds. The van der Waals surface area contributed by atoms with E-state index < -0.39 is 18.2 Å². The Hall–Kier alpha value is -1.43. The van der Waals surface area contributed by atoms with E-state index in [4.69, 9.17) is 9.84 Å². The second-order valence-corrected chi connectivity index (χ2v) is 5.89. The van der Waals surface area contributed by atoms with Crippen LogP contribution in [0.1, 0.15) is 51.9 Å². The molecule has 3 atom stereocenters. The van der Waals surface area contributed by atoms with Gasteiger partial charge in [0.05, 0.1) is 0 Å². The van der Waals surface area contributed by atoms with Gasteiger partial charge in [-0.15, -0.1) is 0 Å². The lowest BCUT2D eigenvalue weighted by molar-refractivity contribution is -0.168. The van der Waals surface area contributed by atoms with Crippen molar-refractivity contribution in [3.63, 3.8) is 0 Å². The van der Waals surface area contributed by atoms with Crippen molar-refractivity contribution in [2.75, 3.05) is 6.54 Å². The van der Waals surface area contributed by atoms with Crippen molar-refractivity contribution < 1.29 is 24.2 Å². The fourth-order valence-electron chi connectivity index (χ4n) is 3.16. The predicted octanol–water partition coefficient (Wildman–Crippen LogP) is 1.57. The number of imide groups is 1. The molecule has 2 aliphatic heterocycles. The van der Waals surface area contributed by atoms with Crippen LogP contribution in [0.5, 0.6) is 0 Å². The van der Waals surface area contributed by atoms with Gasteiger partial charge < -0.3 is 9.84 Å². The smallest absolute Gasteiger partial charge is 0.303 e. The van der Waals surface area contributed by atoms with Gasteiger partial charge in [0.25, 0.3) is 11.8 Å². The Morgan fingerprint density at radius 1 is 1.24 bits per heavy atom. The van der Waals surface area contributed by atoms with Crippen LogP contribution in [0.25, 0.3) is 0 Å². The Labute approximate surface area is 124 Å². The summed E-state index contributed by atoms with van der Waals surface area (Å²) in [6.45, 7) is 2.44. The number of nitrogens with zero attached hydrogens (tertiary/aromatic N) is 1. The van der Waals surface area contributed by atoms with Crippen LogP contribution in [-0.2, 0) is 19.1 Å². The third kappa shape index (κ3) is 3.81. The molecule has 6 nitrogen and oxygen atoms in total. The standard InChI is InChI=1S/C15H23NO5/c1-2-3-10(4-7-13(17)18)8-9-16-14(19)11-5-6-12(21-11)15(16)20/h10-12H,2-9H2,1H3,(H,17,18). The summed E-state index contributed by atoms with van der Waals surface area (Å²) < 4.78 is 5.37. The van der Waals surface area contributed by atoms with Crippen LogP contribution < -0.4 is 0 Å². The number of hydrogen-bond acceptors (Lipinski definition) is 4. The number of likely N-dealkylation sites (tertiary alicyclic amines) is 1. The van der Waals surface area contributed by atoms with E-state index in [9.17, 15) is 14.4 Å². The first-order valence-electron chi connectivity index (χ1n) is 7.75. The van der Waals surface area contributed by atoms with Crippen LogP contribution in [0, 0.1) is 5.92 Å². The van der Waals surface area contributed by atoms with Gasteiger partial charge in [-0.05, 0) is 31.6 Å². The zero-order valence-electron chi connectivity index (χ0n) is 12.4. The SMILES string of the molecule is CCCC(CCC(=O)O)CCN1C(=O)C2CCC(O2)C1=O. The Morgan fingerprint density at radius 3 is 2.38 bits per heavy atom. The molecule has 2 fully saturated rings. The summed E-state index contributed by atoms with van der Waals surface area (Å²) in [6, 6.07) is 0. The van der Waals surface area contributed by atoms with Gasteiger partial charge in [0.1, 0.15) is 12.2 Å². The quantitative estimate of drug-likeness (QED) is 0.688. The molecular weight excluding hydrogens is 274 g/mol. The first kappa shape index (κ1) is 15.9. The van der Waals surface area contributed by atoms with E-state index in [0.29, 0.717) is 32.2 Å². The van der Waals surface area contributed by atoms with E-state index in [1.165, 1.54) is 4.90 Å². The van der Waals surface area contributed by atoms with Gasteiger partial charge in [0.2, 0.25) is 0 Å². The topological polar surface area (TPSA) is 83.9 Å². The molecule has 0 aromatic carbocycles. The summed E-state index contributed by atoms with van der Waals surface area (Å²) in [5.41, 5.74) is 0. The van der Waals surface area contributed by atoms with Crippen LogP contribution in [-0.4, -0.2) is 46.5 Å². The minimum absolute atomic E-state index is 0.140. The highest BCUT2D eigenvalue weighted by atomic mass is 16.5. The molecular formula is C15H23NO5. The molecule has 0 spiro atoms. The lowest BCUT2D eigenvalue weighted by atomic mass is 9.94. The minimum Gasteiger partial charge on any atom is -0.481 e. The van der Waals surface area contributed by atoms with Crippen molar-refractivity contribution in [3.05, 3.63) is 0 Å². The van der Waals surface area contributed by atoms with Gasteiger partial charge in [0, 0.05) is 13.0 Å². The number of carbonyl (C=O) groups is 3. The molecule has 2 saturated heterocycles. The number of rotatable bonds is 8. The van der Waals surface area contributed by atoms with Gasteiger partial charge >= 0.3 is 5.97 Å². The number of hydrogen-bond donors (Lipinski definition) is 1. The normalized spacial score (nSPS) is 26.2. The summed E-state index contributed by atoms with van der Waals surface area (Å²) in [6.07, 6.45) is 3.68. The van der Waals surface area contributed by atoms with E-state index >= 15 is 0 Å². The highest BCUT2D eigenvalue weighted by molar-refractivity contribution is 6.02. The first-order valence-corrected chi connectivity index (χ1v) is 7.75. The van der Waals surface area contributed by atoms with E-state index in [1.54, 1.807) is 0 Å². The maximum atomic E-state index is 12.1. The third-order valence-electron chi connectivity index (χ3n) is 4.33. The van der Waals surface area contributed by atoms with Crippen molar-refractivity contribution in [1.82, 2.24) is 4.90 Å². The molecule has 0 aliphatic carbocycles. The Bertz CT molecular complexity index is 400. The molecule has 0 aromatic heterocycles. The van der Waals surface area contributed by atoms with E-state index in [0.717, 1.165) is 12.8 Å². The Kier molecular flexibility index (Phi) is 5.33. The number of ether oxygens (including phenoxy) is 1. The Morgan fingerprint density at radius 2 is 1.86 bits per heavy atom. The second kappa shape index (κ2) is 7.02. The third-order valence-corrected chi connectivity index (χ3v) is 4.33. The van der Waals surface area contributed by atoms with Gasteiger partial charge in [-0.25, -0.2) is 0 Å². The minimum atomic E-state index is -0.798. The van der Waals surface area contributed by atoms with Crippen LogP contribution in [0.2, 0.25) is 0 Å². The van der Waals surface area contributed by atoms with Crippen LogP contribution in [0.3, 0.4) is 0 Å². The number of carboxylic acid groups (broad SMARTS) is 1. The highest BCUT2D eigenvalue weighted by Gasteiger charge is 2.46. The second-order valence-electron chi connectivity index (χ2n) is 5.89. The van der Waals surface area contributed by atoms with E-state index in [-0.39, 0.29) is 24.2 Å². The zero-order chi connectivity index (χ0) is 15.4. The summed E-state index contributed by atoms with van der Waals surface area (Å²) in [4.78, 5) is 36.2. The summed E-state index contributed by atoms with van der Waals surface area (Å²) in [5, 5.41) is 8.77. The number of carboxylic acids is 1. The van der Waals surface area contributed by atoms with Gasteiger partial charge in [0.15, 0.2) is 0 Å². The molecule has 0 radical (unpaired) electrons.